The summed E-state index contributed by atoms with van der Waals surface area (Å²) in [5, 5.41) is 0. The fraction of sp³-hybridized carbons (Fsp3) is 1.00. The number of hydrogen-bond donors (Lipinski definition) is 0. The van der Waals surface area contributed by atoms with Gasteiger partial charge in [0.25, 0.3) is 0 Å². The fourth-order valence-electron chi connectivity index (χ4n) is 12.5. The highest BCUT2D eigenvalue weighted by Crippen LogP contribution is 2.60. The van der Waals surface area contributed by atoms with Gasteiger partial charge in [-0.05, 0) is 197 Å². The molecular formula is C49H95N3. The number of rotatable bonds is 5. The Labute approximate surface area is 328 Å². The minimum absolute atomic E-state index is 0.762. The van der Waals surface area contributed by atoms with Crippen LogP contribution in [0.5, 0.6) is 0 Å². The van der Waals surface area contributed by atoms with Crippen molar-refractivity contribution in [3.05, 3.63) is 0 Å². The topological polar surface area (TPSA) is 9.72 Å². The van der Waals surface area contributed by atoms with E-state index in [4.69, 9.17) is 0 Å². The summed E-state index contributed by atoms with van der Waals surface area (Å²) in [7, 11) is 0. The molecule has 3 nitrogen and oxygen atoms in total. The second-order valence-corrected chi connectivity index (χ2v) is 21.3. The Bertz CT molecular complexity index is 908. The van der Waals surface area contributed by atoms with Crippen LogP contribution < -0.4 is 0 Å². The summed E-state index contributed by atoms with van der Waals surface area (Å²) in [5.41, 5.74) is 0.797. The summed E-state index contributed by atoms with van der Waals surface area (Å²) < 4.78 is 0. The second kappa shape index (κ2) is 22.0. The van der Waals surface area contributed by atoms with Crippen LogP contribution in [0.2, 0.25) is 0 Å². The molecule has 0 amide bonds. The van der Waals surface area contributed by atoms with Gasteiger partial charge in [-0.15, -0.1) is 0 Å². The van der Waals surface area contributed by atoms with E-state index < -0.39 is 0 Å². The van der Waals surface area contributed by atoms with Gasteiger partial charge >= 0.3 is 0 Å². The van der Waals surface area contributed by atoms with Crippen LogP contribution in [0, 0.1) is 58.7 Å². The smallest absolute Gasteiger partial charge is 0.00388 e. The van der Waals surface area contributed by atoms with E-state index in [1.165, 1.54) is 160 Å². The first-order valence-electron chi connectivity index (χ1n) is 24.0. The summed E-state index contributed by atoms with van der Waals surface area (Å²) in [6, 6.07) is 2.30. The molecule has 5 saturated carbocycles. The Hall–Kier alpha value is -0.120. The lowest BCUT2D eigenvalue weighted by Gasteiger charge is -2.41. The molecule has 0 radical (unpaired) electrons. The first kappa shape index (κ1) is 44.6. The molecule has 0 aromatic carbocycles. The van der Waals surface area contributed by atoms with E-state index in [9.17, 15) is 0 Å². The van der Waals surface area contributed by atoms with Crippen molar-refractivity contribution in [2.45, 2.75) is 216 Å². The van der Waals surface area contributed by atoms with E-state index >= 15 is 0 Å². The van der Waals surface area contributed by atoms with E-state index in [1.54, 1.807) is 12.8 Å². The first-order valence-corrected chi connectivity index (χ1v) is 24.0. The van der Waals surface area contributed by atoms with Gasteiger partial charge in [-0.1, -0.05) is 86.0 Å². The zero-order valence-corrected chi connectivity index (χ0v) is 37.4. The normalized spacial score (nSPS) is 34.3. The predicted octanol–water partition coefficient (Wildman–Crippen LogP) is 13.2. The number of piperidine rings is 1. The van der Waals surface area contributed by atoms with Crippen LogP contribution in [0.1, 0.15) is 198 Å². The molecule has 0 bridgehead atoms. The van der Waals surface area contributed by atoms with Gasteiger partial charge in [-0.25, -0.2) is 0 Å². The molecule has 0 aromatic heterocycles. The summed E-state index contributed by atoms with van der Waals surface area (Å²) in [6.07, 6.45) is 28.3. The molecule has 3 heterocycles. The third-order valence-electron chi connectivity index (χ3n) is 16.1. The number of hydrogen-bond acceptors (Lipinski definition) is 3. The Morgan fingerprint density at radius 3 is 1.27 bits per heavy atom. The molecule has 8 rings (SSSR count). The molecule has 3 saturated heterocycles. The Balaban J connectivity index is 0.000000146. The van der Waals surface area contributed by atoms with Crippen molar-refractivity contribution in [1.29, 1.82) is 0 Å². The van der Waals surface area contributed by atoms with Crippen LogP contribution in [-0.4, -0.2) is 72.1 Å². The van der Waals surface area contributed by atoms with E-state index in [2.05, 4.69) is 90.9 Å². The molecule has 5 aliphatic carbocycles. The third-order valence-corrected chi connectivity index (χ3v) is 16.1. The maximum atomic E-state index is 2.65. The van der Waals surface area contributed by atoms with Crippen molar-refractivity contribution in [1.82, 2.24) is 14.7 Å². The first-order chi connectivity index (χ1) is 24.8. The van der Waals surface area contributed by atoms with Gasteiger partial charge in [0.1, 0.15) is 0 Å². The van der Waals surface area contributed by atoms with E-state index in [1.807, 2.05) is 0 Å². The molecule has 1 spiro atoms. The lowest BCUT2D eigenvalue weighted by Crippen LogP contribution is -2.42. The predicted molar refractivity (Wildman–Crippen MR) is 230 cm³/mol. The molecule has 0 N–H and O–H groups in total. The molecule has 8 fully saturated rings. The average Bonchev–Trinajstić information content (AvgIpc) is 3.74. The van der Waals surface area contributed by atoms with Gasteiger partial charge in [-0.3, -0.25) is 0 Å². The van der Waals surface area contributed by atoms with Crippen molar-refractivity contribution >= 4 is 0 Å². The zero-order valence-electron chi connectivity index (χ0n) is 37.4. The Kier molecular flexibility index (Phi) is 18.9. The number of fused-ring (bicyclic) bond motifs is 2. The van der Waals surface area contributed by atoms with Crippen molar-refractivity contribution < 1.29 is 0 Å². The molecule has 3 aliphatic heterocycles. The highest BCUT2D eigenvalue weighted by atomic mass is 15.2. The molecule has 306 valence electrons. The molecule has 52 heavy (non-hydrogen) atoms. The summed E-state index contributed by atoms with van der Waals surface area (Å²) in [5.74, 6) is 9.54. The Morgan fingerprint density at radius 2 is 0.885 bits per heavy atom. The highest BCUT2D eigenvalue weighted by Gasteiger charge is 2.53. The van der Waals surface area contributed by atoms with Crippen LogP contribution in [0.3, 0.4) is 0 Å². The summed E-state index contributed by atoms with van der Waals surface area (Å²) in [6.45, 7) is 33.9. The number of likely N-dealkylation sites (tertiary alicyclic amines) is 3. The highest BCUT2D eigenvalue weighted by molar-refractivity contribution is 5.02. The summed E-state index contributed by atoms with van der Waals surface area (Å²) in [4.78, 5) is 7.88. The molecule has 0 aromatic rings. The molecule has 6 unspecified atom stereocenters. The zero-order chi connectivity index (χ0) is 37.8. The van der Waals surface area contributed by atoms with Crippen molar-refractivity contribution in [2.75, 3.05) is 39.3 Å². The lowest BCUT2D eigenvalue weighted by atomic mass is 9.77. The quantitative estimate of drug-likeness (QED) is 0.279. The van der Waals surface area contributed by atoms with E-state index in [0.717, 1.165) is 65.0 Å². The van der Waals surface area contributed by atoms with Crippen LogP contribution >= 0.6 is 0 Å². The van der Waals surface area contributed by atoms with Crippen molar-refractivity contribution in [3.63, 3.8) is 0 Å². The van der Waals surface area contributed by atoms with Gasteiger partial charge in [-0.2, -0.15) is 0 Å². The largest absolute Gasteiger partial charge is 0.301 e. The Morgan fingerprint density at radius 1 is 0.423 bits per heavy atom. The van der Waals surface area contributed by atoms with Crippen molar-refractivity contribution in [2.24, 2.45) is 58.7 Å². The fourth-order valence-corrected chi connectivity index (χ4v) is 12.5. The monoisotopic (exact) mass is 726 g/mol. The van der Waals surface area contributed by atoms with Gasteiger partial charge in [0, 0.05) is 31.2 Å². The minimum atomic E-state index is 0.762. The maximum Gasteiger partial charge on any atom is 0.00388 e. The maximum absolute atomic E-state index is 2.65. The average molecular weight is 726 g/mol. The van der Waals surface area contributed by atoms with Crippen LogP contribution in [0.15, 0.2) is 0 Å². The molecular weight excluding hydrogens is 631 g/mol. The summed E-state index contributed by atoms with van der Waals surface area (Å²) >= 11 is 0. The van der Waals surface area contributed by atoms with Crippen molar-refractivity contribution in [3.8, 4) is 0 Å². The van der Waals surface area contributed by atoms with Gasteiger partial charge in [0.05, 0.1) is 0 Å². The number of nitrogens with zero attached hydrogens (tertiary/aromatic N) is 3. The van der Waals surface area contributed by atoms with E-state index in [0.29, 0.717) is 0 Å². The third kappa shape index (κ3) is 13.5. The van der Waals surface area contributed by atoms with Gasteiger partial charge < -0.3 is 14.7 Å². The molecule has 3 heteroatoms. The van der Waals surface area contributed by atoms with Gasteiger partial charge in [0.2, 0.25) is 0 Å². The van der Waals surface area contributed by atoms with Gasteiger partial charge in [0.15, 0.2) is 0 Å². The minimum Gasteiger partial charge on any atom is -0.301 e. The lowest BCUT2D eigenvalue weighted by molar-refractivity contribution is 0.0871. The van der Waals surface area contributed by atoms with Crippen LogP contribution in [0.25, 0.3) is 0 Å². The molecule has 8 aliphatic rings. The standard InChI is InChI=1S/C12H23N.C10H19N.C9H19N.C9H16.C9H18/c1-11(2)13-9-7-12(8-10-13)5-3-4-6-12;1-8(2)11-6-9-4-3-5-10(9)7-11;1-9(2)10-7-5-3-4-6-8-10;1-6(2)9-7-4-3-5-8(7)9;1-7(2)9-6-4-5-8(9)3/h11H,3-10H2,1-2H3;8-10H,3-7H2,1-2H3;9H,3-8H2,1-2H3;6-9H,3-5H2,1-2H3;7-9H,4-6H2,1-3H3. The molecule has 6 atom stereocenters. The van der Waals surface area contributed by atoms with E-state index in [-0.39, 0.29) is 0 Å². The van der Waals surface area contributed by atoms with Crippen LogP contribution in [0.4, 0.5) is 0 Å². The second-order valence-electron chi connectivity index (χ2n) is 21.3. The van der Waals surface area contributed by atoms with Crippen LogP contribution in [-0.2, 0) is 0 Å². The SMILES string of the molecule is CC(C)C1C2CCCC21.CC(C)C1CCCC1C.CC(C)N1CC2CCCC2C1.CC(C)N1CCC2(CCCC2)CC1.CC(C)N1CCCCCC1.